The summed E-state index contributed by atoms with van der Waals surface area (Å²) in [4.78, 5) is 11.1. The summed E-state index contributed by atoms with van der Waals surface area (Å²) in [5.41, 5.74) is 0.984. The third-order valence-corrected chi connectivity index (χ3v) is 2.10. The van der Waals surface area contributed by atoms with E-state index in [0.29, 0.717) is 6.42 Å². The Morgan fingerprint density at radius 3 is 2.41 bits per heavy atom. The van der Waals surface area contributed by atoms with Crippen molar-refractivity contribution in [3.63, 3.8) is 0 Å². The molecule has 0 aromatic heterocycles. The molecule has 1 N–H and O–H groups in total. The van der Waals surface area contributed by atoms with Gasteiger partial charge in [0.2, 0.25) is 0 Å². The molecule has 0 saturated carbocycles. The molecule has 0 radical (unpaired) electrons. The molecule has 17 heavy (non-hydrogen) atoms. The summed E-state index contributed by atoms with van der Waals surface area (Å²) in [5.74, 6) is -1.12. The van der Waals surface area contributed by atoms with Gasteiger partial charge in [-0.2, -0.15) is 13.2 Å². The van der Waals surface area contributed by atoms with Crippen LogP contribution in [0.25, 0.3) is 0 Å². The highest BCUT2D eigenvalue weighted by Gasteiger charge is 2.30. The normalized spacial score (nSPS) is 12.4. The molecule has 0 fully saturated rings. The number of benzene rings is 1. The van der Waals surface area contributed by atoms with Crippen LogP contribution in [-0.4, -0.2) is 12.2 Å². The van der Waals surface area contributed by atoms with E-state index in [1.54, 1.807) is 0 Å². The minimum atomic E-state index is -4.68. The largest absolute Gasteiger partial charge is 0.484 e. The topological polar surface area (TPSA) is 29.1 Å². The lowest BCUT2D eigenvalue weighted by Crippen LogP contribution is -2.37. The van der Waals surface area contributed by atoms with Crippen LogP contribution < -0.4 is 5.32 Å². The van der Waals surface area contributed by atoms with Crippen LogP contribution in [0.15, 0.2) is 42.0 Å². The number of nitrogens with one attached hydrogen (secondary N) is 1. The maximum Gasteiger partial charge on any atom is 0.484 e. The number of rotatable bonds is 3. The Kier molecular flexibility index (Phi) is 4.31. The molecule has 0 bridgehead atoms. The Labute approximate surface area is 97.1 Å². The van der Waals surface area contributed by atoms with Crippen molar-refractivity contribution in [3.8, 4) is 0 Å². The van der Waals surface area contributed by atoms with Crippen molar-refractivity contribution < 1.29 is 18.0 Å². The summed E-state index contributed by atoms with van der Waals surface area (Å²) in [6.45, 7) is 1.35. The van der Waals surface area contributed by atoms with Crippen LogP contribution >= 0.6 is 0 Å². The molecule has 2 nitrogen and oxygen atoms in total. The molecular formula is C12H12F3NO. The second-order valence-corrected chi connectivity index (χ2v) is 3.53. The molecule has 5 heteroatoms. The van der Waals surface area contributed by atoms with Crippen molar-refractivity contribution in [2.45, 2.75) is 19.6 Å². The number of amides is 1. The molecule has 0 aliphatic rings. The maximum atomic E-state index is 11.9. The summed E-state index contributed by atoms with van der Waals surface area (Å²) >= 11 is 0. The Morgan fingerprint density at radius 1 is 1.29 bits per heavy atom. The van der Waals surface area contributed by atoms with Gasteiger partial charge in [0.15, 0.2) is 0 Å². The highest BCUT2D eigenvalue weighted by Crippen LogP contribution is 2.11. The van der Waals surface area contributed by atoms with Gasteiger partial charge >= 0.3 is 6.30 Å². The van der Waals surface area contributed by atoms with Gasteiger partial charge in [0, 0.05) is 5.57 Å². The predicted molar refractivity (Wildman–Crippen MR) is 58.1 cm³/mol. The number of hydrogen-bond acceptors (Lipinski definition) is 1. The third-order valence-electron chi connectivity index (χ3n) is 2.10. The average molecular weight is 243 g/mol. The molecule has 0 heterocycles. The molecule has 0 atom stereocenters. The van der Waals surface area contributed by atoms with Gasteiger partial charge in [-0.15, -0.1) is 0 Å². The van der Waals surface area contributed by atoms with Gasteiger partial charge < -0.3 is 0 Å². The quantitative estimate of drug-likeness (QED) is 0.642. The molecule has 1 amide bonds. The van der Waals surface area contributed by atoms with E-state index in [2.05, 4.69) is 0 Å². The molecule has 1 rings (SSSR count). The van der Waals surface area contributed by atoms with Gasteiger partial charge in [-0.05, 0) is 18.9 Å². The van der Waals surface area contributed by atoms with Gasteiger partial charge in [0.25, 0.3) is 5.91 Å². The monoisotopic (exact) mass is 243 g/mol. The average Bonchev–Trinajstić information content (AvgIpc) is 2.25. The third kappa shape index (κ3) is 5.19. The Bertz CT molecular complexity index is 410. The fourth-order valence-corrected chi connectivity index (χ4v) is 1.21. The van der Waals surface area contributed by atoms with Crippen LogP contribution in [0.2, 0.25) is 0 Å². The summed E-state index contributed by atoms with van der Waals surface area (Å²) in [6, 6.07) is 9.18. The predicted octanol–water partition coefficient (Wildman–Crippen LogP) is 2.81. The van der Waals surface area contributed by atoms with Gasteiger partial charge in [0.1, 0.15) is 0 Å². The Morgan fingerprint density at radius 2 is 1.88 bits per heavy atom. The van der Waals surface area contributed by atoms with E-state index in [4.69, 9.17) is 0 Å². The smallest absolute Gasteiger partial charge is 0.269 e. The fourth-order valence-electron chi connectivity index (χ4n) is 1.21. The summed E-state index contributed by atoms with van der Waals surface area (Å²) in [7, 11) is 0. The number of carbonyl (C=O) groups excluding carboxylic acids is 1. The van der Waals surface area contributed by atoms with Crippen LogP contribution in [0, 0.1) is 0 Å². The minimum Gasteiger partial charge on any atom is -0.269 e. The lowest BCUT2D eigenvalue weighted by molar-refractivity contribution is -0.167. The Hall–Kier alpha value is -1.78. The zero-order chi connectivity index (χ0) is 12.9. The SMILES string of the molecule is CC(=CCc1ccccc1)C(=O)NC(F)(F)F. The zero-order valence-corrected chi connectivity index (χ0v) is 9.21. The highest BCUT2D eigenvalue weighted by molar-refractivity contribution is 5.92. The van der Waals surface area contributed by atoms with Gasteiger partial charge in [-0.25, -0.2) is 0 Å². The van der Waals surface area contributed by atoms with E-state index in [-0.39, 0.29) is 5.57 Å². The molecule has 0 aliphatic carbocycles. The number of halogens is 3. The summed E-state index contributed by atoms with van der Waals surface area (Å²) < 4.78 is 35.6. The molecule has 1 aromatic carbocycles. The molecule has 0 unspecified atom stereocenters. The highest BCUT2D eigenvalue weighted by atomic mass is 19.4. The first-order valence-corrected chi connectivity index (χ1v) is 4.98. The molecule has 0 aliphatic heterocycles. The molecule has 0 spiro atoms. The van der Waals surface area contributed by atoms with Crippen molar-refractivity contribution in [3.05, 3.63) is 47.5 Å². The van der Waals surface area contributed by atoms with Crippen molar-refractivity contribution in [2.75, 3.05) is 0 Å². The van der Waals surface area contributed by atoms with E-state index >= 15 is 0 Å². The summed E-state index contributed by atoms with van der Waals surface area (Å²) in [5, 5.41) is 0.948. The minimum absolute atomic E-state index is 0.0474. The number of hydrogen-bond donors (Lipinski definition) is 1. The van der Waals surface area contributed by atoms with Crippen LogP contribution in [0.4, 0.5) is 13.2 Å². The lowest BCUT2D eigenvalue weighted by atomic mass is 10.1. The van der Waals surface area contributed by atoms with Crippen LogP contribution in [0.3, 0.4) is 0 Å². The van der Waals surface area contributed by atoms with Crippen molar-refractivity contribution in [2.24, 2.45) is 0 Å². The first-order valence-electron chi connectivity index (χ1n) is 4.98. The van der Waals surface area contributed by atoms with E-state index in [0.717, 1.165) is 10.9 Å². The van der Waals surface area contributed by atoms with Crippen molar-refractivity contribution in [1.29, 1.82) is 0 Å². The molecule has 0 saturated heterocycles. The van der Waals surface area contributed by atoms with E-state index in [1.807, 2.05) is 30.3 Å². The van der Waals surface area contributed by atoms with Gasteiger partial charge in [0.05, 0.1) is 0 Å². The number of alkyl halides is 3. The van der Waals surface area contributed by atoms with Crippen molar-refractivity contribution in [1.82, 2.24) is 5.32 Å². The number of allylic oxidation sites excluding steroid dienone is 1. The molecule has 1 aromatic rings. The second-order valence-electron chi connectivity index (χ2n) is 3.53. The van der Waals surface area contributed by atoms with Gasteiger partial charge in [-0.1, -0.05) is 36.4 Å². The fraction of sp³-hybridized carbons (Fsp3) is 0.250. The maximum absolute atomic E-state index is 11.9. The lowest BCUT2D eigenvalue weighted by Gasteiger charge is -2.08. The van der Waals surface area contributed by atoms with Crippen LogP contribution in [0.1, 0.15) is 12.5 Å². The van der Waals surface area contributed by atoms with Gasteiger partial charge in [-0.3, -0.25) is 10.1 Å². The first-order chi connectivity index (χ1) is 7.88. The van der Waals surface area contributed by atoms with E-state index in [9.17, 15) is 18.0 Å². The second kappa shape index (κ2) is 5.52. The Balaban J connectivity index is 2.58. The molecule has 92 valence electrons. The van der Waals surface area contributed by atoms with Crippen molar-refractivity contribution >= 4 is 5.91 Å². The molecular weight excluding hydrogens is 231 g/mol. The van der Waals surface area contributed by atoms with Crippen LogP contribution in [0.5, 0.6) is 0 Å². The number of carbonyl (C=O) groups is 1. The zero-order valence-electron chi connectivity index (χ0n) is 9.21. The summed E-state index contributed by atoms with van der Waals surface area (Å²) in [6.07, 6.45) is -2.78. The first kappa shape index (κ1) is 13.3. The van der Waals surface area contributed by atoms with E-state index in [1.165, 1.54) is 13.0 Å². The standard InChI is InChI=1S/C12H12F3NO/c1-9(11(17)16-12(13,14)15)7-8-10-5-3-2-4-6-10/h2-7H,8H2,1H3,(H,16,17). The van der Waals surface area contributed by atoms with Crippen LogP contribution in [-0.2, 0) is 11.2 Å². The van der Waals surface area contributed by atoms with E-state index < -0.39 is 12.2 Å².